The van der Waals surface area contributed by atoms with E-state index >= 15 is 0 Å². The molecular weight excluding hydrogens is 294 g/mol. The van der Waals surface area contributed by atoms with Crippen molar-refractivity contribution in [1.82, 2.24) is 0 Å². The van der Waals surface area contributed by atoms with Gasteiger partial charge in [-0.15, -0.1) is 0 Å². The lowest BCUT2D eigenvalue weighted by Gasteiger charge is -2.12. The Kier molecular flexibility index (Phi) is 2.97. The van der Waals surface area contributed by atoms with Crippen molar-refractivity contribution in [2.24, 2.45) is 5.92 Å². The van der Waals surface area contributed by atoms with Crippen molar-refractivity contribution in [3.63, 3.8) is 0 Å². The number of nitrogens with one attached hydrogen (secondary N) is 1. The van der Waals surface area contributed by atoms with Gasteiger partial charge in [0.15, 0.2) is 0 Å². The number of amides is 1. The maximum atomic E-state index is 12.4. The van der Waals surface area contributed by atoms with Crippen LogP contribution in [0.1, 0.15) is 47.1 Å². The molecule has 2 aromatic carbocycles. The third-order valence-corrected chi connectivity index (χ3v) is 5.56. The van der Waals surface area contributed by atoms with E-state index in [-0.39, 0.29) is 5.91 Å². The van der Waals surface area contributed by atoms with E-state index in [9.17, 15) is 4.79 Å². The molecule has 1 saturated carbocycles. The van der Waals surface area contributed by atoms with Crippen molar-refractivity contribution in [3.8, 4) is 0 Å². The normalized spacial score (nSPS) is 18.6. The molecule has 24 heavy (non-hydrogen) atoms. The fourth-order valence-electron chi connectivity index (χ4n) is 4.13. The summed E-state index contributed by atoms with van der Waals surface area (Å²) in [4.78, 5) is 12.4. The smallest absolute Gasteiger partial charge is 0.228 e. The highest BCUT2D eigenvalue weighted by atomic mass is 16.1. The van der Waals surface area contributed by atoms with Crippen molar-refractivity contribution < 1.29 is 4.79 Å². The second-order valence-electron chi connectivity index (χ2n) is 7.55. The molecule has 1 heterocycles. The third kappa shape index (κ3) is 2.29. The van der Waals surface area contributed by atoms with Gasteiger partial charge in [0.25, 0.3) is 0 Å². The molecule has 5 rings (SSSR count). The standard InChI is InChI=1S/C22H21NO/c1-13-2-6-16-11-18-19(17(16)8-13)12-22(24)23-21-7-5-15(10-20(18)21)9-14-3-4-14/h2,5-8,10,14H,3-4,9,11-12H2,1H3,(H,23,24). The molecule has 1 aliphatic heterocycles. The zero-order valence-electron chi connectivity index (χ0n) is 14.0. The van der Waals surface area contributed by atoms with E-state index in [1.807, 2.05) is 0 Å². The van der Waals surface area contributed by atoms with Crippen LogP contribution in [0.2, 0.25) is 0 Å². The summed E-state index contributed by atoms with van der Waals surface area (Å²) < 4.78 is 0. The molecule has 0 unspecified atom stereocenters. The quantitative estimate of drug-likeness (QED) is 0.851. The SMILES string of the molecule is Cc1ccc2c(c1)C1=C(C2)c2cc(CC3CC3)ccc2NC(=O)C1. The molecule has 2 heteroatoms. The Labute approximate surface area is 142 Å². The van der Waals surface area contributed by atoms with E-state index in [4.69, 9.17) is 0 Å². The fourth-order valence-corrected chi connectivity index (χ4v) is 4.13. The van der Waals surface area contributed by atoms with Crippen LogP contribution in [0.25, 0.3) is 11.1 Å². The molecular formula is C22H21NO. The maximum absolute atomic E-state index is 12.4. The van der Waals surface area contributed by atoms with Crippen LogP contribution in [0, 0.1) is 12.8 Å². The second-order valence-corrected chi connectivity index (χ2v) is 7.55. The van der Waals surface area contributed by atoms with Crippen LogP contribution in [0.4, 0.5) is 5.69 Å². The molecule has 120 valence electrons. The van der Waals surface area contributed by atoms with Crippen LogP contribution in [-0.2, 0) is 17.6 Å². The topological polar surface area (TPSA) is 29.1 Å². The average Bonchev–Trinajstić information content (AvgIpc) is 3.32. The summed E-state index contributed by atoms with van der Waals surface area (Å²) in [6, 6.07) is 13.3. The first kappa shape index (κ1) is 14.0. The van der Waals surface area contributed by atoms with Gasteiger partial charge in [-0.25, -0.2) is 0 Å². The molecule has 2 nitrogen and oxygen atoms in total. The predicted molar refractivity (Wildman–Crippen MR) is 97.8 cm³/mol. The summed E-state index contributed by atoms with van der Waals surface area (Å²) in [5, 5.41) is 3.11. The summed E-state index contributed by atoms with van der Waals surface area (Å²) in [5.74, 6) is 0.978. The highest BCUT2D eigenvalue weighted by Crippen LogP contribution is 2.45. The van der Waals surface area contributed by atoms with Crippen LogP contribution in [-0.4, -0.2) is 5.91 Å². The van der Waals surface area contributed by atoms with E-state index in [1.165, 1.54) is 58.2 Å². The fraction of sp³-hybridized carbons (Fsp3) is 0.318. The van der Waals surface area contributed by atoms with Gasteiger partial charge in [0.2, 0.25) is 5.91 Å². The van der Waals surface area contributed by atoms with Gasteiger partial charge in [0.1, 0.15) is 0 Å². The Hall–Kier alpha value is -2.35. The van der Waals surface area contributed by atoms with Crippen molar-refractivity contribution in [2.45, 2.75) is 39.0 Å². The van der Waals surface area contributed by atoms with Gasteiger partial charge in [-0.2, -0.15) is 0 Å². The van der Waals surface area contributed by atoms with Gasteiger partial charge >= 0.3 is 0 Å². The molecule has 1 fully saturated rings. The molecule has 1 amide bonds. The van der Waals surface area contributed by atoms with Crippen molar-refractivity contribution >= 4 is 22.7 Å². The summed E-state index contributed by atoms with van der Waals surface area (Å²) >= 11 is 0. The number of carbonyl (C=O) groups is 1. The maximum Gasteiger partial charge on any atom is 0.228 e. The Morgan fingerprint density at radius 1 is 1.00 bits per heavy atom. The third-order valence-electron chi connectivity index (χ3n) is 5.56. The van der Waals surface area contributed by atoms with Crippen molar-refractivity contribution in [2.75, 3.05) is 5.32 Å². The van der Waals surface area contributed by atoms with Crippen molar-refractivity contribution in [3.05, 3.63) is 64.2 Å². The van der Waals surface area contributed by atoms with Crippen LogP contribution in [0.15, 0.2) is 36.4 Å². The zero-order valence-corrected chi connectivity index (χ0v) is 14.0. The number of allylic oxidation sites excluding steroid dienone is 1. The van der Waals surface area contributed by atoms with E-state index in [0.717, 1.165) is 18.0 Å². The minimum Gasteiger partial charge on any atom is -0.325 e. The molecule has 2 aliphatic carbocycles. The largest absolute Gasteiger partial charge is 0.325 e. The number of anilines is 1. The number of hydrogen-bond donors (Lipinski definition) is 1. The lowest BCUT2D eigenvalue weighted by Crippen LogP contribution is -2.11. The Morgan fingerprint density at radius 3 is 2.67 bits per heavy atom. The van der Waals surface area contributed by atoms with Crippen LogP contribution in [0.5, 0.6) is 0 Å². The number of fused-ring (bicyclic) bond motifs is 4. The molecule has 1 N–H and O–H groups in total. The molecule has 3 aliphatic rings. The number of benzene rings is 2. The van der Waals surface area contributed by atoms with Gasteiger partial charge < -0.3 is 5.32 Å². The molecule has 0 saturated heterocycles. The van der Waals surface area contributed by atoms with E-state index in [1.54, 1.807) is 0 Å². The predicted octanol–water partition coefficient (Wildman–Crippen LogP) is 4.76. The number of aryl methyl sites for hydroxylation is 1. The van der Waals surface area contributed by atoms with E-state index < -0.39 is 0 Å². The Bertz CT molecular complexity index is 902. The van der Waals surface area contributed by atoms with Gasteiger partial charge in [-0.1, -0.05) is 29.8 Å². The number of hydrogen-bond acceptors (Lipinski definition) is 1. The van der Waals surface area contributed by atoms with Crippen molar-refractivity contribution in [1.29, 1.82) is 0 Å². The first-order chi connectivity index (χ1) is 11.7. The Balaban J connectivity index is 1.65. The first-order valence-electron chi connectivity index (χ1n) is 8.92. The minimum absolute atomic E-state index is 0.102. The first-order valence-corrected chi connectivity index (χ1v) is 8.92. The molecule has 0 aromatic heterocycles. The van der Waals surface area contributed by atoms with Crippen LogP contribution in [0.3, 0.4) is 0 Å². The summed E-state index contributed by atoms with van der Waals surface area (Å²) in [5.41, 5.74) is 10.1. The molecule has 0 atom stereocenters. The van der Waals surface area contributed by atoms with E-state index in [0.29, 0.717) is 6.42 Å². The number of carbonyl (C=O) groups excluding carboxylic acids is 1. The lowest BCUT2D eigenvalue weighted by molar-refractivity contribution is -0.115. The van der Waals surface area contributed by atoms with Crippen LogP contribution >= 0.6 is 0 Å². The zero-order chi connectivity index (χ0) is 16.3. The second kappa shape index (κ2) is 5.07. The summed E-state index contributed by atoms with van der Waals surface area (Å²) in [7, 11) is 0. The van der Waals surface area contributed by atoms with E-state index in [2.05, 4.69) is 48.6 Å². The molecule has 0 radical (unpaired) electrons. The number of rotatable bonds is 2. The minimum atomic E-state index is 0.102. The lowest BCUT2D eigenvalue weighted by atomic mass is 9.95. The molecule has 0 spiro atoms. The summed E-state index contributed by atoms with van der Waals surface area (Å²) in [6.45, 7) is 2.12. The average molecular weight is 315 g/mol. The Morgan fingerprint density at radius 2 is 1.83 bits per heavy atom. The van der Waals surface area contributed by atoms with Gasteiger partial charge in [0.05, 0.1) is 6.42 Å². The molecule has 2 aromatic rings. The monoisotopic (exact) mass is 315 g/mol. The van der Waals surface area contributed by atoms with Gasteiger partial charge in [-0.05, 0) is 78.5 Å². The van der Waals surface area contributed by atoms with Gasteiger partial charge in [0, 0.05) is 11.3 Å². The molecule has 0 bridgehead atoms. The highest BCUT2D eigenvalue weighted by Gasteiger charge is 2.29. The summed E-state index contributed by atoms with van der Waals surface area (Å²) in [6.07, 6.45) is 5.34. The van der Waals surface area contributed by atoms with Crippen LogP contribution < -0.4 is 5.32 Å². The van der Waals surface area contributed by atoms with Gasteiger partial charge in [-0.3, -0.25) is 4.79 Å². The highest BCUT2D eigenvalue weighted by molar-refractivity contribution is 6.12.